The maximum absolute atomic E-state index is 13.5. The monoisotopic (exact) mass is 572 g/mol. The third-order valence-electron chi connectivity index (χ3n) is 6.90. The normalized spacial score (nSPS) is 13.9. The summed E-state index contributed by atoms with van der Waals surface area (Å²) in [6.07, 6.45) is 8.88. The van der Waals surface area contributed by atoms with Crippen molar-refractivity contribution in [1.29, 1.82) is 0 Å². The van der Waals surface area contributed by atoms with Crippen LogP contribution < -0.4 is 11.2 Å². The summed E-state index contributed by atoms with van der Waals surface area (Å²) in [6.45, 7) is 4.23. The Morgan fingerprint density at radius 1 is 1.05 bits per heavy atom. The van der Waals surface area contributed by atoms with E-state index in [2.05, 4.69) is 25.9 Å². The largest absolute Gasteiger partial charge is 0.383 e. The topological polar surface area (TPSA) is 100 Å². The average molecular weight is 573 g/mol. The number of ether oxygens (including phenoxy) is 1. The van der Waals surface area contributed by atoms with Crippen molar-refractivity contribution in [2.24, 2.45) is 5.92 Å². The second kappa shape index (κ2) is 11.4. The molecule has 194 valence electrons. The molecule has 38 heavy (non-hydrogen) atoms. The first-order valence-corrected chi connectivity index (χ1v) is 13.4. The molecule has 1 fully saturated rings. The van der Waals surface area contributed by atoms with Crippen LogP contribution in [0.1, 0.15) is 34.3 Å². The summed E-state index contributed by atoms with van der Waals surface area (Å²) in [5, 5.41) is 0. The molecule has 1 aliphatic rings. The number of nitrogens with two attached hydrogens (primary N) is 1. The van der Waals surface area contributed by atoms with Crippen LogP contribution in [0.5, 0.6) is 0 Å². The van der Waals surface area contributed by atoms with Crippen molar-refractivity contribution in [3.63, 3.8) is 0 Å². The predicted molar refractivity (Wildman–Crippen MR) is 152 cm³/mol. The fourth-order valence-corrected chi connectivity index (χ4v) is 5.06. The number of carbonyl (C=O) groups is 1. The van der Waals surface area contributed by atoms with Crippen LogP contribution in [-0.2, 0) is 17.7 Å². The van der Waals surface area contributed by atoms with Crippen LogP contribution in [0.15, 0.2) is 76.5 Å². The molecule has 1 aliphatic heterocycles. The Balaban J connectivity index is 1.44. The van der Waals surface area contributed by atoms with Gasteiger partial charge in [-0.05, 0) is 64.9 Å². The Morgan fingerprint density at radius 2 is 1.82 bits per heavy atom. The fraction of sp³-hybridized carbons (Fsp3) is 0.267. The van der Waals surface area contributed by atoms with Gasteiger partial charge in [-0.15, -0.1) is 0 Å². The molecule has 4 heterocycles. The molecule has 0 amide bonds. The quantitative estimate of drug-likeness (QED) is 0.294. The molecule has 1 aromatic carbocycles. The molecular formula is C30H29BrN4O3. The van der Waals surface area contributed by atoms with Gasteiger partial charge in [0.05, 0.1) is 11.3 Å². The van der Waals surface area contributed by atoms with Crippen molar-refractivity contribution >= 4 is 27.5 Å². The molecule has 0 radical (unpaired) electrons. The van der Waals surface area contributed by atoms with Crippen molar-refractivity contribution in [3.8, 4) is 22.4 Å². The number of halogens is 1. The van der Waals surface area contributed by atoms with Gasteiger partial charge in [0, 0.05) is 66.6 Å². The van der Waals surface area contributed by atoms with E-state index in [4.69, 9.17) is 10.5 Å². The summed E-state index contributed by atoms with van der Waals surface area (Å²) in [5.74, 6) is 0.585. The number of aryl methyl sites for hydroxylation is 1. The van der Waals surface area contributed by atoms with Gasteiger partial charge in [0.2, 0.25) is 0 Å². The SMILES string of the molecule is Cc1ccc(-c2cn(CC3CCOCC3)cc(C(=O)Cc3ccc(-c4cc(Br)cnc4N)nc3)c2=O)cc1. The first-order valence-electron chi connectivity index (χ1n) is 12.7. The van der Waals surface area contributed by atoms with Gasteiger partial charge >= 0.3 is 0 Å². The van der Waals surface area contributed by atoms with Gasteiger partial charge in [0.1, 0.15) is 5.82 Å². The molecule has 1 saturated heterocycles. The molecule has 0 bridgehead atoms. The van der Waals surface area contributed by atoms with Gasteiger partial charge in [-0.25, -0.2) is 4.98 Å². The van der Waals surface area contributed by atoms with Crippen molar-refractivity contribution in [1.82, 2.24) is 14.5 Å². The van der Waals surface area contributed by atoms with Crippen LogP contribution in [0.3, 0.4) is 0 Å². The molecule has 8 heteroatoms. The molecule has 0 aliphatic carbocycles. The third kappa shape index (κ3) is 5.92. The van der Waals surface area contributed by atoms with Crippen molar-refractivity contribution in [2.75, 3.05) is 18.9 Å². The summed E-state index contributed by atoms with van der Waals surface area (Å²) in [4.78, 5) is 35.7. The minimum absolute atomic E-state index is 0.0728. The van der Waals surface area contributed by atoms with Gasteiger partial charge in [-0.3, -0.25) is 14.6 Å². The van der Waals surface area contributed by atoms with Crippen LogP contribution in [0.2, 0.25) is 0 Å². The number of Topliss-reactive ketones (excluding diaryl/α,β-unsaturated/α-hetero) is 1. The molecule has 0 atom stereocenters. The number of hydrogen-bond donors (Lipinski definition) is 1. The van der Waals surface area contributed by atoms with Crippen LogP contribution in [-0.4, -0.2) is 33.5 Å². The number of nitrogen functional groups attached to an aromatic ring is 1. The number of pyridine rings is 3. The zero-order chi connectivity index (χ0) is 26.6. The summed E-state index contributed by atoms with van der Waals surface area (Å²) in [5.41, 5.74) is 10.5. The number of benzene rings is 1. The maximum atomic E-state index is 13.5. The first-order chi connectivity index (χ1) is 18.4. The minimum atomic E-state index is -0.250. The van der Waals surface area contributed by atoms with E-state index in [0.29, 0.717) is 28.6 Å². The second-order valence-electron chi connectivity index (χ2n) is 9.77. The van der Waals surface area contributed by atoms with Gasteiger partial charge in [-0.1, -0.05) is 35.9 Å². The molecule has 0 spiro atoms. The molecule has 3 aromatic heterocycles. The zero-order valence-corrected chi connectivity index (χ0v) is 22.8. The van der Waals surface area contributed by atoms with Crippen LogP contribution >= 0.6 is 15.9 Å². The van der Waals surface area contributed by atoms with Gasteiger partial charge < -0.3 is 15.0 Å². The molecule has 5 rings (SSSR count). The summed E-state index contributed by atoms with van der Waals surface area (Å²) < 4.78 is 8.31. The fourth-order valence-electron chi connectivity index (χ4n) is 4.73. The van der Waals surface area contributed by atoms with Crippen LogP contribution in [0.25, 0.3) is 22.4 Å². The maximum Gasteiger partial charge on any atom is 0.200 e. The van der Waals surface area contributed by atoms with Gasteiger partial charge in [0.25, 0.3) is 0 Å². The van der Waals surface area contributed by atoms with Gasteiger partial charge in [-0.2, -0.15) is 0 Å². The Kier molecular flexibility index (Phi) is 7.81. The highest BCUT2D eigenvalue weighted by Crippen LogP contribution is 2.26. The molecular weight excluding hydrogens is 544 g/mol. The number of rotatable bonds is 7. The summed E-state index contributed by atoms with van der Waals surface area (Å²) >= 11 is 3.41. The van der Waals surface area contributed by atoms with Crippen molar-refractivity contribution in [3.05, 3.63) is 98.6 Å². The Bertz CT molecular complexity index is 1510. The number of nitrogens with zero attached hydrogens (tertiary/aromatic N) is 3. The lowest BCUT2D eigenvalue weighted by molar-refractivity contribution is 0.0612. The number of anilines is 1. The zero-order valence-electron chi connectivity index (χ0n) is 21.2. The molecule has 4 aromatic rings. The lowest BCUT2D eigenvalue weighted by Gasteiger charge is -2.23. The standard InChI is InChI=1S/C30H29BrN4O3/c1-19-2-5-22(6-3-19)25-17-35(16-20-8-10-38-11-9-20)18-26(29(25)37)28(36)12-21-4-7-27(33-14-21)24-13-23(31)15-34-30(24)32/h2-7,13-15,17-18,20H,8-12,16H2,1H3,(H2,32,34). The number of ketones is 1. The van der Waals surface area contributed by atoms with Crippen molar-refractivity contribution < 1.29 is 9.53 Å². The van der Waals surface area contributed by atoms with E-state index < -0.39 is 0 Å². The van der Waals surface area contributed by atoms with Crippen LogP contribution in [0.4, 0.5) is 5.82 Å². The van der Waals surface area contributed by atoms with E-state index in [1.807, 2.05) is 60.2 Å². The molecule has 7 nitrogen and oxygen atoms in total. The Labute approximate surface area is 229 Å². The molecule has 2 N–H and O–H groups in total. The van der Waals surface area contributed by atoms with Gasteiger partial charge in [0.15, 0.2) is 11.2 Å². The van der Waals surface area contributed by atoms with E-state index in [-0.39, 0.29) is 23.2 Å². The highest BCUT2D eigenvalue weighted by molar-refractivity contribution is 9.10. The van der Waals surface area contributed by atoms with Crippen LogP contribution in [0, 0.1) is 12.8 Å². The lowest BCUT2D eigenvalue weighted by Crippen LogP contribution is -2.25. The summed E-state index contributed by atoms with van der Waals surface area (Å²) in [7, 11) is 0. The lowest BCUT2D eigenvalue weighted by atomic mass is 9.97. The van der Waals surface area contributed by atoms with E-state index in [0.717, 1.165) is 53.8 Å². The second-order valence-corrected chi connectivity index (χ2v) is 10.7. The van der Waals surface area contributed by atoms with E-state index >= 15 is 0 Å². The van der Waals surface area contributed by atoms with E-state index in [1.165, 1.54) is 0 Å². The van der Waals surface area contributed by atoms with E-state index in [9.17, 15) is 9.59 Å². The number of carbonyl (C=O) groups excluding carboxylic acids is 1. The average Bonchev–Trinajstić information content (AvgIpc) is 2.92. The third-order valence-corrected chi connectivity index (χ3v) is 7.34. The minimum Gasteiger partial charge on any atom is -0.383 e. The Morgan fingerprint density at radius 3 is 2.53 bits per heavy atom. The van der Waals surface area contributed by atoms with E-state index in [1.54, 1.807) is 18.6 Å². The number of aromatic nitrogens is 3. The smallest absolute Gasteiger partial charge is 0.200 e. The Hall–Kier alpha value is -3.62. The highest BCUT2D eigenvalue weighted by atomic mass is 79.9. The first kappa shape index (κ1) is 26.0. The predicted octanol–water partition coefficient (Wildman–Crippen LogP) is 5.48. The highest BCUT2D eigenvalue weighted by Gasteiger charge is 2.20. The summed E-state index contributed by atoms with van der Waals surface area (Å²) in [6, 6.07) is 13.3. The van der Waals surface area contributed by atoms with Crippen molar-refractivity contribution in [2.45, 2.75) is 32.7 Å². The molecule has 0 saturated carbocycles. The molecule has 0 unspecified atom stereocenters. The number of hydrogen-bond acceptors (Lipinski definition) is 6.